The third kappa shape index (κ3) is 3.88. The van der Waals surface area contributed by atoms with Crippen LogP contribution < -0.4 is 0 Å². The highest BCUT2D eigenvalue weighted by Crippen LogP contribution is 2.31. The highest BCUT2D eigenvalue weighted by molar-refractivity contribution is 7.09. The van der Waals surface area contributed by atoms with Crippen LogP contribution in [0, 0.1) is 4.91 Å². The van der Waals surface area contributed by atoms with E-state index in [4.69, 9.17) is 0 Å². The molecule has 122 valence electrons. The second kappa shape index (κ2) is 7.84. The molecule has 0 unspecified atom stereocenters. The van der Waals surface area contributed by atoms with E-state index in [1.54, 1.807) is 0 Å². The smallest absolute Gasteiger partial charge is 0.111 e. The van der Waals surface area contributed by atoms with E-state index in [9.17, 15) is 4.91 Å². The first-order chi connectivity index (χ1) is 11.3. The van der Waals surface area contributed by atoms with Gasteiger partial charge in [-0.15, -0.1) is 16.2 Å². The summed E-state index contributed by atoms with van der Waals surface area (Å²) >= 11 is 1.85. The molecule has 2 aromatic rings. The number of fused-ring (bicyclic) bond motifs is 1. The van der Waals surface area contributed by atoms with Crippen molar-refractivity contribution in [2.45, 2.75) is 45.1 Å². The van der Waals surface area contributed by atoms with Crippen LogP contribution in [-0.2, 0) is 19.3 Å². The molecule has 0 saturated heterocycles. The Balaban J connectivity index is 1.69. The van der Waals surface area contributed by atoms with E-state index in [2.05, 4.69) is 40.6 Å². The maximum absolute atomic E-state index is 11.0. The van der Waals surface area contributed by atoms with Crippen LogP contribution in [0.2, 0.25) is 0 Å². The van der Waals surface area contributed by atoms with Gasteiger partial charge in [-0.3, -0.25) is 4.90 Å². The van der Waals surface area contributed by atoms with E-state index < -0.39 is 0 Å². The van der Waals surface area contributed by atoms with Gasteiger partial charge in [0.05, 0.1) is 0 Å². The van der Waals surface area contributed by atoms with Crippen molar-refractivity contribution in [3.05, 3.63) is 56.6 Å². The van der Waals surface area contributed by atoms with Crippen molar-refractivity contribution >= 4 is 17.0 Å². The average Bonchev–Trinajstić information content (AvgIpc) is 3.11. The fourth-order valence-electron chi connectivity index (χ4n) is 3.64. The number of nitrogens with zero attached hydrogens (tertiary/aromatic N) is 2. The molecule has 0 N–H and O–H groups in total. The van der Waals surface area contributed by atoms with Crippen molar-refractivity contribution in [2.75, 3.05) is 13.1 Å². The van der Waals surface area contributed by atoms with Gasteiger partial charge in [-0.1, -0.05) is 25.1 Å². The van der Waals surface area contributed by atoms with Crippen molar-refractivity contribution < 1.29 is 0 Å². The van der Waals surface area contributed by atoms with Crippen LogP contribution in [0.5, 0.6) is 0 Å². The van der Waals surface area contributed by atoms with Gasteiger partial charge in [-0.2, -0.15) is 0 Å². The van der Waals surface area contributed by atoms with Gasteiger partial charge < -0.3 is 0 Å². The maximum atomic E-state index is 11.0. The lowest BCUT2D eigenvalue weighted by Gasteiger charge is -2.35. The maximum Gasteiger partial charge on any atom is 0.111 e. The number of rotatable bonds is 7. The Kier molecular flexibility index (Phi) is 5.57. The Hall–Kier alpha value is -1.52. The molecule has 1 aliphatic carbocycles. The number of hydrogen-bond donors (Lipinski definition) is 0. The highest BCUT2D eigenvalue weighted by Gasteiger charge is 2.25. The molecule has 0 amide bonds. The molecule has 0 radical (unpaired) electrons. The summed E-state index contributed by atoms with van der Waals surface area (Å²) in [6.07, 6.45) is 5.47. The molecule has 3 rings (SSSR count). The molecule has 0 fully saturated rings. The summed E-state index contributed by atoms with van der Waals surface area (Å²) in [5.41, 5.74) is 3.13. The molecule has 1 atom stereocenters. The predicted octanol–water partition coefficient (Wildman–Crippen LogP) is 4.96. The Morgan fingerprint density at radius 3 is 2.91 bits per heavy atom. The normalized spacial score (nSPS) is 17.2. The van der Waals surface area contributed by atoms with Crippen molar-refractivity contribution in [3.8, 4) is 0 Å². The molecule has 1 heterocycles. The molecule has 23 heavy (non-hydrogen) atoms. The average molecular weight is 328 g/mol. The molecule has 1 aromatic heterocycles. The first-order valence-electron chi connectivity index (χ1n) is 8.52. The number of nitroso groups, excluding NO2 is 1. The minimum atomic E-state index is 0.587. The zero-order chi connectivity index (χ0) is 16.1. The summed E-state index contributed by atoms with van der Waals surface area (Å²) in [6, 6.07) is 10.9. The Bertz CT molecular complexity index is 639. The Labute approximate surface area is 142 Å². The van der Waals surface area contributed by atoms with Gasteiger partial charge in [0, 0.05) is 17.5 Å². The van der Waals surface area contributed by atoms with Crippen LogP contribution in [0.4, 0.5) is 5.69 Å². The van der Waals surface area contributed by atoms with E-state index in [0.29, 0.717) is 11.7 Å². The lowest BCUT2D eigenvalue weighted by Crippen LogP contribution is -2.41. The zero-order valence-electron chi connectivity index (χ0n) is 13.7. The van der Waals surface area contributed by atoms with Gasteiger partial charge in [0.2, 0.25) is 0 Å². The standard InChI is InChI=1S/C19H24N2OS/c1-2-11-21(12-10-17-6-4-13-23-17)16-8-9-18-15(14-16)5-3-7-19(18)20-22/h3-7,13,16H,2,8-12,14H2,1H3/t16-/m0/s1. The molecule has 0 spiro atoms. The lowest BCUT2D eigenvalue weighted by atomic mass is 9.86. The molecule has 4 heteroatoms. The first kappa shape index (κ1) is 16.3. The summed E-state index contributed by atoms with van der Waals surface area (Å²) in [5, 5.41) is 5.35. The second-order valence-corrected chi connectivity index (χ2v) is 7.30. The zero-order valence-corrected chi connectivity index (χ0v) is 14.5. The minimum Gasteiger partial charge on any atom is -0.300 e. The Morgan fingerprint density at radius 2 is 2.17 bits per heavy atom. The summed E-state index contributed by atoms with van der Waals surface area (Å²) in [7, 11) is 0. The quantitative estimate of drug-likeness (QED) is 0.673. The fraction of sp³-hybridized carbons (Fsp3) is 0.474. The first-order valence-corrected chi connectivity index (χ1v) is 9.40. The van der Waals surface area contributed by atoms with E-state index in [-0.39, 0.29) is 0 Å². The van der Waals surface area contributed by atoms with Crippen LogP contribution in [0.25, 0.3) is 0 Å². The SMILES string of the molecule is CCCN(CCc1cccs1)[C@H]1CCc2c(cccc2N=O)C1. The van der Waals surface area contributed by atoms with E-state index in [1.165, 1.54) is 22.4 Å². The van der Waals surface area contributed by atoms with Gasteiger partial charge in [0.15, 0.2) is 0 Å². The predicted molar refractivity (Wildman–Crippen MR) is 97.6 cm³/mol. The van der Waals surface area contributed by atoms with E-state index in [1.807, 2.05) is 23.5 Å². The van der Waals surface area contributed by atoms with Gasteiger partial charge in [0.1, 0.15) is 5.69 Å². The molecule has 3 nitrogen and oxygen atoms in total. The summed E-state index contributed by atoms with van der Waals surface area (Å²) < 4.78 is 0. The van der Waals surface area contributed by atoms with Gasteiger partial charge in [0.25, 0.3) is 0 Å². The molecular formula is C19H24N2OS. The summed E-state index contributed by atoms with van der Waals surface area (Å²) in [6.45, 7) is 4.53. The third-order valence-electron chi connectivity index (χ3n) is 4.78. The van der Waals surface area contributed by atoms with Crippen molar-refractivity contribution in [2.24, 2.45) is 5.18 Å². The Morgan fingerprint density at radius 1 is 1.26 bits per heavy atom. The number of hydrogen-bond acceptors (Lipinski definition) is 4. The summed E-state index contributed by atoms with van der Waals surface area (Å²) in [5.74, 6) is 0. The van der Waals surface area contributed by atoms with Gasteiger partial charge >= 0.3 is 0 Å². The molecule has 0 bridgehead atoms. The molecular weight excluding hydrogens is 304 g/mol. The van der Waals surface area contributed by atoms with Crippen molar-refractivity contribution in [1.82, 2.24) is 4.90 Å². The van der Waals surface area contributed by atoms with Crippen molar-refractivity contribution in [1.29, 1.82) is 0 Å². The van der Waals surface area contributed by atoms with Crippen LogP contribution in [0.1, 0.15) is 35.8 Å². The minimum absolute atomic E-state index is 0.587. The fourth-order valence-corrected chi connectivity index (χ4v) is 4.34. The monoisotopic (exact) mass is 328 g/mol. The van der Waals surface area contributed by atoms with Gasteiger partial charge in [-0.25, -0.2) is 0 Å². The second-order valence-electron chi connectivity index (χ2n) is 6.27. The molecule has 0 saturated carbocycles. The molecule has 1 aromatic carbocycles. The van der Waals surface area contributed by atoms with Gasteiger partial charge in [-0.05, 0) is 72.5 Å². The largest absolute Gasteiger partial charge is 0.300 e. The highest BCUT2D eigenvalue weighted by atomic mass is 32.1. The number of thiophene rings is 1. The van der Waals surface area contributed by atoms with Crippen molar-refractivity contribution in [3.63, 3.8) is 0 Å². The van der Waals surface area contributed by atoms with E-state index in [0.717, 1.165) is 38.8 Å². The van der Waals surface area contributed by atoms with Crippen LogP contribution in [0.3, 0.4) is 0 Å². The van der Waals surface area contributed by atoms with Crippen LogP contribution >= 0.6 is 11.3 Å². The van der Waals surface area contributed by atoms with Crippen LogP contribution in [0.15, 0.2) is 40.9 Å². The topological polar surface area (TPSA) is 32.7 Å². The molecule has 0 aliphatic heterocycles. The number of benzene rings is 1. The summed E-state index contributed by atoms with van der Waals surface area (Å²) in [4.78, 5) is 15.1. The lowest BCUT2D eigenvalue weighted by molar-refractivity contribution is 0.182. The van der Waals surface area contributed by atoms with Crippen LogP contribution in [-0.4, -0.2) is 24.0 Å². The third-order valence-corrected chi connectivity index (χ3v) is 5.72. The molecule has 1 aliphatic rings. The van der Waals surface area contributed by atoms with E-state index >= 15 is 0 Å².